The second-order valence-corrected chi connectivity index (χ2v) is 7.93. The maximum absolute atomic E-state index is 12.8. The molecule has 1 aliphatic rings. The summed E-state index contributed by atoms with van der Waals surface area (Å²) < 4.78 is 44.4. The van der Waals surface area contributed by atoms with E-state index in [9.17, 15) is 13.2 Å². The number of benzene rings is 1. The molecule has 0 aromatic heterocycles. The predicted octanol–water partition coefficient (Wildman–Crippen LogP) is 4.64. The highest BCUT2D eigenvalue weighted by atomic mass is 19.4. The minimum Gasteiger partial charge on any atom is -0.383 e. The molecule has 25 heavy (non-hydrogen) atoms. The normalized spacial score (nSPS) is 17.7. The fraction of sp³-hybridized carbons (Fsp3) is 0.684. The minimum atomic E-state index is -4.32. The summed E-state index contributed by atoms with van der Waals surface area (Å²) in [5.74, 6) is 0. The van der Waals surface area contributed by atoms with Gasteiger partial charge < -0.3 is 10.1 Å². The largest absolute Gasteiger partial charge is 0.416 e. The summed E-state index contributed by atoms with van der Waals surface area (Å²) in [5.41, 5.74) is -0.0293. The Morgan fingerprint density at radius 3 is 2.44 bits per heavy atom. The maximum Gasteiger partial charge on any atom is 0.416 e. The molecule has 1 unspecified atom stereocenters. The highest BCUT2D eigenvalue weighted by molar-refractivity contribution is 5.46. The van der Waals surface area contributed by atoms with Crippen molar-refractivity contribution >= 4 is 5.69 Å². The van der Waals surface area contributed by atoms with Crippen LogP contribution in [0.5, 0.6) is 0 Å². The maximum atomic E-state index is 12.8. The second-order valence-electron chi connectivity index (χ2n) is 7.93. The Morgan fingerprint density at radius 1 is 1.16 bits per heavy atom. The summed E-state index contributed by atoms with van der Waals surface area (Å²) >= 11 is 0. The van der Waals surface area contributed by atoms with Gasteiger partial charge in [0.25, 0.3) is 0 Å². The third-order valence-electron chi connectivity index (χ3n) is 4.23. The summed E-state index contributed by atoms with van der Waals surface area (Å²) in [4.78, 5) is 2.36. The lowest BCUT2D eigenvalue weighted by atomic mass is 9.99. The van der Waals surface area contributed by atoms with Crippen LogP contribution in [0.15, 0.2) is 24.3 Å². The lowest BCUT2D eigenvalue weighted by molar-refractivity contribution is -0.137. The molecule has 1 aliphatic heterocycles. The van der Waals surface area contributed by atoms with E-state index in [0.717, 1.165) is 25.2 Å². The van der Waals surface area contributed by atoms with Crippen LogP contribution < -0.4 is 5.32 Å². The number of halogens is 3. The van der Waals surface area contributed by atoms with E-state index in [4.69, 9.17) is 4.74 Å². The van der Waals surface area contributed by atoms with Crippen molar-refractivity contribution in [3.8, 4) is 0 Å². The Morgan fingerprint density at radius 2 is 1.84 bits per heavy atom. The van der Waals surface area contributed by atoms with Crippen LogP contribution in [0.4, 0.5) is 18.9 Å². The number of hydrogen-bond donors (Lipinski definition) is 1. The third kappa shape index (κ3) is 6.86. The quantitative estimate of drug-likeness (QED) is 0.768. The van der Waals surface area contributed by atoms with Crippen molar-refractivity contribution in [2.75, 3.05) is 38.2 Å². The number of nitrogens with one attached hydrogen (secondary N) is 1. The summed E-state index contributed by atoms with van der Waals surface area (Å²) in [6.07, 6.45) is -1.99. The Balaban J connectivity index is 1.94. The SMILES string of the molecule is CC(C)(C)COCC(CNc1cccc(C(F)(F)F)c1)N1CCCC1. The van der Waals surface area contributed by atoms with Crippen molar-refractivity contribution in [2.45, 2.75) is 45.8 Å². The van der Waals surface area contributed by atoms with Crippen molar-refractivity contribution in [3.05, 3.63) is 29.8 Å². The van der Waals surface area contributed by atoms with Crippen molar-refractivity contribution in [1.82, 2.24) is 4.90 Å². The molecule has 3 nitrogen and oxygen atoms in total. The molecule has 1 fully saturated rings. The van der Waals surface area contributed by atoms with Crippen LogP contribution in [0.2, 0.25) is 0 Å². The summed E-state index contributed by atoms with van der Waals surface area (Å²) in [6.45, 7) is 10.2. The monoisotopic (exact) mass is 358 g/mol. The van der Waals surface area contributed by atoms with Gasteiger partial charge in [-0.1, -0.05) is 26.8 Å². The molecule has 0 amide bonds. The number of anilines is 1. The van der Waals surface area contributed by atoms with Gasteiger partial charge in [-0.15, -0.1) is 0 Å². The Hall–Kier alpha value is -1.27. The number of alkyl halides is 3. The molecule has 0 spiro atoms. The van der Waals surface area contributed by atoms with Gasteiger partial charge in [0.2, 0.25) is 0 Å². The predicted molar refractivity (Wildman–Crippen MR) is 94.8 cm³/mol. The third-order valence-corrected chi connectivity index (χ3v) is 4.23. The van der Waals surface area contributed by atoms with Gasteiger partial charge >= 0.3 is 6.18 Å². The van der Waals surface area contributed by atoms with E-state index in [1.54, 1.807) is 6.07 Å². The molecular formula is C19H29F3N2O. The number of hydrogen-bond acceptors (Lipinski definition) is 3. The molecule has 1 aromatic rings. The van der Waals surface area contributed by atoms with Crippen LogP contribution in [0.25, 0.3) is 0 Å². The molecule has 1 saturated heterocycles. The van der Waals surface area contributed by atoms with Crippen LogP contribution in [0.1, 0.15) is 39.2 Å². The molecule has 0 saturated carbocycles. The van der Waals surface area contributed by atoms with E-state index in [1.165, 1.54) is 18.9 Å². The van der Waals surface area contributed by atoms with Crippen molar-refractivity contribution < 1.29 is 17.9 Å². The van der Waals surface area contributed by atoms with E-state index in [-0.39, 0.29) is 11.5 Å². The fourth-order valence-electron chi connectivity index (χ4n) is 2.94. The van der Waals surface area contributed by atoms with Gasteiger partial charge in [0.1, 0.15) is 0 Å². The lowest BCUT2D eigenvalue weighted by Crippen LogP contribution is -2.42. The Labute approximate surface area is 148 Å². The molecule has 6 heteroatoms. The highest BCUT2D eigenvalue weighted by Gasteiger charge is 2.30. The summed E-state index contributed by atoms with van der Waals surface area (Å²) in [6, 6.07) is 5.53. The van der Waals surface area contributed by atoms with Crippen molar-refractivity contribution in [2.24, 2.45) is 5.41 Å². The van der Waals surface area contributed by atoms with Gasteiger partial charge in [0, 0.05) is 12.2 Å². The van der Waals surface area contributed by atoms with Gasteiger partial charge in [-0.05, 0) is 49.5 Å². The summed E-state index contributed by atoms with van der Waals surface area (Å²) in [7, 11) is 0. The number of likely N-dealkylation sites (tertiary alicyclic amines) is 1. The van der Waals surface area contributed by atoms with E-state index in [0.29, 0.717) is 25.4 Å². The molecule has 142 valence electrons. The minimum absolute atomic E-state index is 0.101. The molecule has 1 atom stereocenters. The van der Waals surface area contributed by atoms with Crippen molar-refractivity contribution in [3.63, 3.8) is 0 Å². The number of ether oxygens (including phenoxy) is 1. The van der Waals surface area contributed by atoms with Gasteiger partial charge in [0.05, 0.1) is 24.8 Å². The summed E-state index contributed by atoms with van der Waals surface area (Å²) in [5, 5.41) is 3.16. The highest BCUT2D eigenvalue weighted by Crippen LogP contribution is 2.30. The molecular weight excluding hydrogens is 329 g/mol. The zero-order chi connectivity index (χ0) is 18.5. The van der Waals surface area contributed by atoms with E-state index in [2.05, 4.69) is 31.0 Å². The van der Waals surface area contributed by atoms with Crippen LogP contribution in [-0.4, -0.2) is 43.8 Å². The van der Waals surface area contributed by atoms with Gasteiger partial charge in [0.15, 0.2) is 0 Å². The molecule has 1 aromatic carbocycles. The first kappa shape index (κ1) is 20.0. The number of rotatable bonds is 7. The second kappa shape index (κ2) is 8.41. The van der Waals surface area contributed by atoms with E-state index >= 15 is 0 Å². The number of nitrogens with zero attached hydrogens (tertiary/aromatic N) is 1. The zero-order valence-electron chi connectivity index (χ0n) is 15.3. The average molecular weight is 358 g/mol. The zero-order valence-corrected chi connectivity index (χ0v) is 15.3. The standard InChI is InChI=1S/C19H29F3N2O/c1-18(2,3)14-25-13-17(24-9-4-5-10-24)12-23-16-8-6-7-15(11-16)19(20,21)22/h6-8,11,17,23H,4-5,9-10,12-14H2,1-3H3. The first-order chi connectivity index (χ1) is 11.6. The van der Waals surface area contributed by atoms with Crippen LogP contribution in [-0.2, 0) is 10.9 Å². The molecule has 1 N–H and O–H groups in total. The molecule has 0 aliphatic carbocycles. The van der Waals surface area contributed by atoms with Crippen LogP contribution in [0.3, 0.4) is 0 Å². The van der Waals surface area contributed by atoms with E-state index in [1.807, 2.05) is 0 Å². The topological polar surface area (TPSA) is 24.5 Å². The first-order valence-electron chi connectivity index (χ1n) is 8.88. The van der Waals surface area contributed by atoms with E-state index < -0.39 is 11.7 Å². The van der Waals surface area contributed by atoms with Gasteiger partial charge in [-0.2, -0.15) is 13.2 Å². The fourth-order valence-corrected chi connectivity index (χ4v) is 2.94. The average Bonchev–Trinajstić information content (AvgIpc) is 3.03. The molecule has 0 bridgehead atoms. The Bertz CT molecular complexity index is 534. The van der Waals surface area contributed by atoms with Crippen LogP contribution in [0, 0.1) is 5.41 Å². The Kier molecular flexibility index (Phi) is 6.74. The molecule has 2 rings (SSSR count). The smallest absolute Gasteiger partial charge is 0.383 e. The van der Waals surface area contributed by atoms with Gasteiger partial charge in [-0.25, -0.2) is 0 Å². The lowest BCUT2D eigenvalue weighted by Gasteiger charge is -2.29. The molecule has 1 heterocycles. The first-order valence-corrected chi connectivity index (χ1v) is 8.88. The van der Waals surface area contributed by atoms with Crippen LogP contribution >= 0.6 is 0 Å². The van der Waals surface area contributed by atoms with Gasteiger partial charge in [-0.3, -0.25) is 4.90 Å². The van der Waals surface area contributed by atoms with Crippen molar-refractivity contribution in [1.29, 1.82) is 0 Å². The molecule has 0 radical (unpaired) electrons.